The van der Waals surface area contributed by atoms with Crippen LogP contribution in [0.15, 0.2) is 18.2 Å². The Kier molecular flexibility index (Phi) is 4.78. The lowest BCUT2D eigenvalue weighted by atomic mass is 9.91. The van der Waals surface area contributed by atoms with Crippen molar-refractivity contribution in [3.63, 3.8) is 0 Å². The molecule has 0 aliphatic carbocycles. The molecule has 1 N–H and O–H groups in total. The van der Waals surface area contributed by atoms with Crippen molar-refractivity contribution < 1.29 is 18.3 Å². The van der Waals surface area contributed by atoms with E-state index in [1.807, 2.05) is 0 Å². The van der Waals surface area contributed by atoms with E-state index in [-0.39, 0.29) is 12.2 Å². The average Bonchev–Trinajstić information content (AvgIpc) is 2.28. The molecule has 0 amide bonds. The van der Waals surface area contributed by atoms with Gasteiger partial charge in [-0.15, -0.1) is 0 Å². The Morgan fingerprint density at radius 1 is 1.28 bits per heavy atom. The molecular formula is C13H17F2NO2. The molecule has 0 bridgehead atoms. The van der Waals surface area contributed by atoms with Crippen LogP contribution in [0.25, 0.3) is 0 Å². The highest BCUT2D eigenvalue weighted by atomic mass is 19.1. The maximum absolute atomic E-state index is 13.2. The van der Waals surface area contributed by atoms with Crippen LogP contribution in [0.2, 0.25) is 0 Å². The van der Waals surface area contributed by atoms with Gasteiger partial charge in [0, 0.05) is 6.07 Å². The molecule has 1 aromatic rings. The summed E-state index contributed by atoms with van der Waals surface area (Å²) in [5.41, 5.74) is -1.05. The molecule has 0 saturated carbocycles. The van der Waals surface area contributed by atoms with Crippen LogP contribution in [-0.2, 0) is 15.1 Å². The quantitative estimate of drug-likeness (QED) is 0.823. The predicted molar refractivity (Wildman–Crippen MR) is 64.0 cm³/mol. The molecule has 0 radical (unpaired) electrons. The van der Waals surface area contributed by atoms with Crippen LogP contribution in [0, 0.1) is 11.6 Å². The second-order valence-electron chi connectivity index (χ2n) is 4.03. The molecule has 5 heteroatoms. The Morgan fingerprint density at radius 2 is 1.83 bits per heavy atom. The number of hydrogen-bond donors (Lipinski definition) is 1. The Hall–Kier alpha value is -1.49. The van der Waals surface area contributed by atoms with Gasteiger partial charge < -0.3 is 4.74 Å². The Morgan fingerprint density at radius 3 is 2.28 bits per heavy atom. The molecule has 1 atom stereocenters. The second-order valence-corrected chi connectivity index (χ2v) is 4.03. The number of benzene rings is 1. The lowest BCUT2D eigenvalue weighted by molar-refractivity contribution is -0.151. The molecule has 18 heavy (non-hydrogen) atoms. The van der Waals surface area contributed by atoms with E-state index in [4.69, 9.17) is 4.74 Å². The molecule has 0 aliphatic heterocycles. The van der Waals surface area contributed by atoms with Crippen molar-refractivity contribution >= 4 is 5.97 Å². The lowest BCUT2D eigenvalue weighted by Crippen LogP contribution is -2.47. The fraction of sp³-hybridized carbons (Fsp3) is 0.462. The van der Waals surface area contributed by atoms with Crippen molar-refractivity contribution in [3.8, 4) is 0 Å². The van der Waals surface area contributed by atoms with Crippen LogP contribution in [-0.4, -0.2) is 19.1 Å². The third-order valence-corrected chi connectivity index (χ3v) is 2.65. The summed E-state index contributed by atoms with van der Waals surface area (Å²) in [6.45, 7) is 5.69. The van der Waals surface area contributed by atoms with Gasteiger partial charge in [0.1, 0.15) is 17.2 Å². The number of halogens is 2. The van der Waals surface area contributed by atoms with Gasteiger partial charge in [0.15, 0.2) is 0 Å². The van der Waals surface area contributed by atoms with Crippen LogP contribution >= 0.6 is 0 Å². The molecular weight excluding hydrogens is 240 g/mol. The third kappa shape index (κ3) is 3.04. The van der Waals surface area contributed by atoms with Gasteiger partial charge in [-0.1, -0.05) is 6.92 Å². The number of likely N-dealkylation sites (N-methyl/N-ethyl adjacent to an activating group) is 1. The number of esters is 1. The average molecular weight is 257 g/mol. The number of ether oxygens (including phenoxy) is 1. The SMILES string of the molecule is CCNC(C)(C(=O)OCC)c1cc(F)cc(F)c1. The fourth-order valence-corrected chi connectivity index (χ4v) is 1.76. The van der Waals surface area contributed by atoms with Crippen LogP contribution in [0.1, 0.15) is 26.3 Å². The first kappa shape index (κ1) is 14.6. The van der Waals surface area contributed by atoms with Crippen LogP contribution in [0.4, 0.5) is 8.78 Å². The van der Waals surface area contributed by atoms with Gasteiger partial charge in [-0.25, -0.2) is 13.6 Å². The summed E-state index contributed by atoms with van der Waals surface area (Å²) in [5.74, 6) is -2.01. The third-order valence-electron chi connectivity index (χ3n) is 2.65. The van der Waals surface area contributed by atoms with E-state index in [0.29, 0.717) is 6.54 Å². The van der Waals surface area contributed by atoms with Gasteiger partial charge in [0.05, 0.1) is 6.61 Å². The smallest absolute Gasteiger partial charge is 0.330 e. The van der Waals surface area contributed by atoms with Gasteiger partial charge in [-0.2, -0.15) is 0 Å². The first-order valence-electron chi connectivity index (χ1n) is 5.82. The molecule has 0 aliphatic rings. The zero-order valence-electron chi connectivity index (χ0n) is 10.7. The maximum atomic E-state index is 13.2. The Labute approximate surface area is 105 Å². The first-order valence-corrected chi connectivity index (χ1v) is 5.82. The van der Waals surface area contributed by atoms with Crippen molar-refractivity contribution in [1.82, 2.24) is 5.32 Å². The summed E-state index contributed by atoms with van der Waals surface area (Å²) in [6.07, 6.45) is 0. The summed E-state index contributed by atoms with van der Waals surface area (Å²) < 4.78 is 31.4. The molecule has 0 heterocycles. The van der Waals surface area contributed by atoms with Crippen molar-refractivity contribution in [2.75, 3.05) is 13.2 Å². The van der Waals surface area contributed by atoms with E-state index in [9.17, 15) is 13.6 Å². The van der Waals surface area contributed by atoms with E-state index in [1.165, 1.54) is 0 Å². The normalized spacial score (nSPS) is 14.1. The maximum Gasteiger partial charge on any atom is 0.330 e. The van der Waals surface area contributed by atoms with Gasteiger partial charge in [0.2, 0.25) is 0 Å². The molecule has 3 nitrogen and oxygen atoms in total. The van der Waals surface area contributed by atoms with Crippen LogP contribution < -0.4 is 5.32 Å². The minimum atomic E-state index is -1.26. The van der Waals surface area contributed by atoms with E-state index < -0.39 is 23.1 Å². The molecule has 1 unspecified atom stereocenters. The van der Waals surface area contributed by atoms with Gasteiger partial charge in [-0.05, 0) is 38.1 Å². The zero-order valence-corrected chi connectivity index (χ0v) is 10.7. The fourth-order valence-electron chi connectivity index (χ4n) is 1.76. The zero-order chi connectivity index (χ0) is 13.8. The lowest BCUT2D eigenvalue weighted by Gasteiger charge is -2.28. The minimum Gasteiger partial charge on any atom is -0.464 e. The largest absolute Gasteiger partial charge is 0.464 e. The van der Waals surface area contributed by atoms with Gasteiger partial charge >= 0.3 is 5.97 Å². The van der Waals surface area contributed by atoms with Gasteiger partial charge in [-0.3, -0.25) is 5.32 Å². The van der Waals surface area contributed by atoms with Crippen molar-refractivity contribution in [1.29, 1.82) is 0 Å². The van der Waals surface area contributed by atoms with E-state index in [0.717, 1.165) is 18.2 Å². The standard InChI is InChI=1S/C13H17F2NO2/c1-4-16-13(3,12(17)18-5-2)9-6-10(14)8-11(15)7-9/h6-8,16H,4-5H2,1-3H3. The summed E-state index contributed by atoms with van der Waals surface area (Å²) in [6, 6.07) is 3.02. The molecule has 1 rings (SSSR count). The van der Waals surface area contributed by atoms with E-state index >= 15 is 0 Å². The molecule has 100 valence electrons. The summed E-state index contributed by atoms with van der Waals surface area (Å²) >= 11 is 0. The van der Waals surface area contributed by atoms with Crippen molar-refractivity contribution in [2.45, 2.75) is 26.3 Å². The summed E-state index contributed by atoms with van der Waals surface area (Å²) in [7, 11) is 0. The number of rotatable bonds is 5. The Balaban J connectivity index is 3.21. The number of carbonyl (C=O) groups excluding carboxylic acids is 1. The Bertz CT molecular complexity index is 417. The minimum absolute atomic E-state index is 0.206. The first-order chi connectivity index (χ1) is 8.43. The molecule has 0 fully saturated rings. The highest BCUT2D eigenvalue weighted by Crippen LogP contribution is 2.24. The van der Waals surface area contributed by atoms with E-state index in [2.05, 4.69) is 5.32 Å². The van der Waals surface area contributed by atoms with Crippen molar-refractivity contribution in [3.05, 3.63) is 35.4 Å². The topological polar surface area (TPSA) is 38.3 Å². The molecule has 1 aromatic carbocycles. The number of nitrogens with one attached hydrogen (secondary N) is 1. The summed E-state index contributed by atoms with van der Waals surface area (Å²) in [5, 5.41) is 2.91. The molecule has 0 saturated heterocycles. The highest BCUT2D eigenvalue weighted by molar-refractivity contribution is 5.82. The summed E-state index contributed by atoms with van der Waals surface area (Å²) in [4.78, 5) is 11.9. The predicted octanol–water partition coefficient (Wildman–Crippen LogP) is 2.35. The van der Waals surface area contributed by atoms with E-state index in [1.54, 1.807) is 20.8 Å². The van der Waals surface area contributed by atoms with Crippen LogP contribution in [0.3, 0.4) is 0 Å². The van der Waals surface area contributed by atoms with Gasteiger partial charge in [0.25, 0.3) is 0 Å². The molecule has 0 aromatic heterocycles. The monoisotopic (exact) mass is 257 g/mol. The van der Waals surface area contributed by atoms with Crippen LogP contribution in [0.5, 0.6) is 0 Å². The molecule has 0 spiro atoms. The van der Waals surface area contributed by atoms with Crippen molar-refractivity contribution in [2.24, 2.45) is 0 Å². The number of hydrogen-bond acceptors (Lipinski definition) is 3. The number of carbonyl (C=O) groups is 1. The second kappa shape index (κ2) is 5.91. The highest BCUT2D eigenvalue weighted by Gasteiger charge is 2.36.